The molecule has 31 heavy (non-hydrogen) atoms. The molecule has 0 N–H and O–H groups in total. The van der Waals surface area contributed by atoms with E-state index in [1.807, 2.05) is 49.4 Å². The van der Waals surface area contributed by atoms with Gasteiger partial charge in [-0.15, -0.1) is 0 Å². The topological polar surface area (TPSA) is 61.8 Å². The molecule has 160 valence electrons. The number of unbranched alkanes of at least 4 members (excludes halogenated alkanes) is 1. The number of furan rings is 1. The van der Waals surface area contributed by atoms with Gasteiger partial charge in [0.15, 0.2) is 5.76 Å². The zero-order chi connectivity index (χ0) is 21.6. The molecule has 0 aliphatic carbocycles. The molecule has 2 aromatic carbocycles. The molecule has 5 heteroatoms. The van der Waals surface area contributed by atoms with Gasteiger partial charge < -0.3 is 18.3 Å². The first-order chi connectivity index (χ1) is 15.2. The Balaban J connectivity index is 1.46. The van der Waals surface area contributed by atoms with Crippen molar-refractivity contribution in [2.45, 2.75) is 33.1 Å². The Morgan fingerprint density at radius 2 is 1.71 bits per heavy atom. The van der Waals surface area contributed by atoms with Crippen molar-refractivity contribution in [2.75, 3.05) is 13.2 Å². The van der Waals surface area contributed by atoms with E-state index in [1.165, 1.54) is 5.56 Å². The fourth-order valence-electron chi connectivity index (χ4n) is 3.35. The van der Waals surface area contributed by atoms with Gasteiger partial charge in [0.05, 0.1) is 24.9 Å². The van der Waals surface area contributed by atoms with E-state index in [9.17, 15) is 4.79 Å². The van der Waals surface area contributed by atoms with Crippen LogP contribution in [0.3, 0.4) is 0 Å². The molecule has 5 nitrogen and oxygen atoms in total. The van der Waals surface area contributed by atoms with Crippen LogP contribution >= 0.6 is 0 Å². The maximum absolute atomic E-state index is 13.2. The smallest absolute Gasteiger partial charge is 0.235 e. The van der Waals surface area contributed by atoms with Crippen LogP contribution in [0.2, 0.25) is 0 Å². The molecule has 4 rings (SSSR count). The van der Waals surface area contributed by atoms with Gasteiger partial charge in [-0.25, -0.2) is 0 Å². The minimum atomic E-state index is -0.182. The van der Waals surface area contributed by atoms with E-state index in [0.29, 0.717) is 35.7 Å². The number of rotatable bonds is 9. The van der Waals surface area contributed by atoms with Gasteiger partial charge in [-0.2, -0.15) is 0 Å². The van der Waals surface area contributed by atoms with Crippen LogP contribution in [0.15, 0.2) is 74.5 Å². The second-order valence-corrected chi connectivity index (χ2v) is 7.47. The zero-order valence-electron chi connectivity index (χ0n) is 17.9. The first-order valence-corrected chi connectivity index (χ1v) is 10.6. The molecule has 0 amide bonds. The Morgan fingerprint density at radius 3 is 2.42 bits per heavy atom. The van der Waals surface area contributed by atoms with Crippen molar-refractivity contribution in [1.29, 1.82) is 0 Å². The van der Waals surface area contributed by atoms with Crippen molar-refractivity contribution >= 4 is 11.0 Å². The second kappa shape index (κ2) is 9.56. The Morgan fingerprint density at radius 1 is 0.935 bits per heavy atom. The summed E-state index contributed by atoms with van der Waals surface area (Å²) < 4.78 is 23.2. The van der Waals surface area contributed by atoms with Gasteiger partial charge in [-0.1, -0.05) is 30.7 Å². The fraction of sp³-hybridized carbons (Fsp3) is 0.269. The van der Waals surface area contributed by atoms with Crippen molar-refractivity contribution in [2.24, 2.45) is 0 Å². The lowest BCUT2D eigenvalue weighted by molar-refractivity contribution is 0.262. The van der Waals surface area contributed by atoms with Gasteiger partial charge in [0.1, 0.15) is 11.3 Å². The third-order valence-electron chi connectivity index (χ3n) is 5.14. The molecule has 0 radical (unpaired) electrons. The van der Waals surface area contributed by atoms with Crippen LogP contribution in [0.25, 0.3) is 22.5 Å². The largest absolute Gasteiger partial charge is 0.494 e. The highest BCUT2D eigenvalue weighted by Crippen LogP contribution is 2.31. The van der Waals surface area contributed by atoms with Crippen LogP contribution in [0.5, 0.6) is 11.5 Å². The highest BCUT2D eigenvalue weighted by atomic mass is 16.5. The van der Waals surface area contributed by atoms with E-state index in [1.54, 1.807) is 18.4 Å². The fourth-order valence-corrected chi connectivity index (χ4v) is 3.35. The van der Waals surface area contributed by atoms with Crippen LogP contribution in [0, 0.1) is 6.92 Å². The molecular weight excluding hydrogens is 392 g/mol. The van der Waals surface area contributed by atoms with Crippen molar-refractivity contribution in [1.82, 2.24) is 0 Å². The SMILES string of the molecule is CCc1ccc2oc(-c3ccco3)c(OCCCCOc3ccc(C)cc3)c(=O)c2c1. The minimum Gasteiger partial charge on any atom is -0.494 e. The normalized spacial score (nSPS) is 11.0. The van der Waals surface area contributed by atoms with Gasteiger partial charge in [0, 0.05) is 0 Å². The average Bonchev–Trinajstić information content (AvgIpc) is 3.33. The van der Waals surface area contributed by atoms with Crippen LogP contribution in [0.1, 0.15) is 30.9 Å². The second-order valence-electron chi connectivity index (χ2n) is 7.47. The average molecular weight is 418 g/mol. The molecule has 0 unspecified atom stereocenters. The molecule has 0 saturated carbocycles. The molecular formula is C26H26O5. The molecule has 0 spiro atoms. The summed E-state index contributed by atoms with van der Waals surface area (Å²) >= 11 is 0. The molecule has 4 aromatic rings. The summed E-state index contributed by atoms with van der Waals surface area (Å²) in [7, 11) is 0. The van der Waals surface area contributed by atoms with Crippen molar-refractivity contribution in [3.05, 3.63) is 82.2 Å². The van der Waals surface area contributed by atoms with E-state index < -0.39 is 0 Å². The molecule has 2 heterocycles. The van der Waals surface area contributed by atoms with E-state index >= 15 is 0 Å². The molecule has 0 saturated heterocycles. The summed E-state index contributed by atoms with van der Waals surface area (Å²) in [5.74, 6) is 1.84. The number of hydrogen-bond donors (Lipinski definition) is 0. The molecule has 0 fully saturated rings. The number of hydrogen-bond acceptors (Lipinski definition) is 5. The van der Waals surface area contributed by atoms with Crippen molar-refractivity contribution in [3.63, 3.8) is 0 Å². The summed E-state index contributed by atoms with van der Waals surface area (Å²) in [6, 6.07) is 17.2. The monoisotopic (exact) mass is 418 g/mol. The first-order valence-electron chi connectivity index (χ1n) is 10.6. The molecule has 0 atom stereocenters. The van der Waals surface area contributed by atoms with E-state index in [4.69, 9.17) is 18.3 Å². The highest BCUT2D eigenvalue weighted by molar-refractivity contribution is 5.81. The number of benzene rings is 2. The van der Waals surface area contributed by atoms with Gasteiger partial charge in [-0.3, -0.25) is 4.79 Å². The van der Waals surface area contributed by atoms with Crippen LogP contribution in [0.4, 0.5) is 0 Å². The minimum absolute atomic E-state index is 0.182. The molecule has 0 aliphatic rings. The molecule has 0 aliphatic heterocycles. The maximum atomic E-state index is 13.2. The van der Waals surface area contributed by atoms with E-state index in [2.05, 4.69) is 6.92 Å². The van der Waals surface area contributed by atoms with E-state index in [0.717, 1.165) is 30.6 Å². The number of fused-ring (bicyclic) bond motifs is 1. The predicted octanol–water partition coefficient (Wildman–Crippen LogP) is 6.16. The van der Waals surface area contributed by atoms with Gasteiger partial charge in [0.2, 0.25) is 16.9 Å². The lowest BCUT2D eigenvalue weighted by Crippen LogP contribution is -2.12. The zero-order valence-corrected chi connectivity index (χ0v) is 17.9. The molecule has 0 bridgehead atoms. The number of ether oxygens (including phenoxy) is 2. The van der Waals surface area contributed by atoms with E-state index in [-0.39, 0.29) is 11.2 Å². The van der Waals surface area contributed by atoms with Crippen molar-refractivity contribution < 1.29 is 18.3 Å². The standard InChI is InChI=1S/C26H26O5/c1-3-19-10-13-22-21(17-19)24(27)26(25(31-22)23-7-6-16-29-23)30-15-5-4-14-28-20-11-8-18(2)9-12-20/h6-13,16-17H,3-5,14-15H2,1-2H3. The highest BCUT2D eigenvalue weighted by Gasteiger charge is 2.19. The maximum Gasteiger partial charge on any atom is 0.235 e. The summed E-state index contributed by atoms with van der Waals surface area (Å²) in [6.07, 6.45) is 3.94. The Bertz CT molecular complexity index is 1190. The summed E-state index contributed by atoms with van der Waals surface area (Å²) in [5, 5.41) is 0.521. The Hall–Kier alpha value is -3.47. The Kier molecular flexibility index (Phi) is 6.41. The van der Waals surface area contributed by atoms with Crippen LogP contribution < -0.4 is 14.9 Å². The van der Waals surface area contributed by atoms with Crippen molar-refractivity contribution in [3.8, 4) is 23.0 Å². The first kappa shape index (κ1) is 20.8. The molecule has 2 aromatic heterocycles. The third-order valence-corrected chi connectivity index (χ3v) is 5.14. The summed E-state index contributed by atoms with van der Waals surface area (Å²) in [5.41, 5.74) is 2.62. The number of aryl methyl sites for hydroxylation is 2. The summed E-state index contributed by atoms with van der Waals surface area (Å²) in [4.78, 5) is 13.2. The van der Waals surface area contributed by atoms with Gasteiger partial charge in [-0.05, 0) is 68.1 Å². The lowest BCUT2D eigenvalue weighted by Gasteiger charge is -2.11. The van der Waals surface area contributed by atoms with Gasteiger partial charge in [0.25, 0.3) is 0 Å². The van der Waals surface area contributed by atoms with Crippen LogP contribution in [-0.4, -0.2) is 13.2 Å². The van der Waals surface area contributed by atoms with Gasteiger partial charge >= 0.3 is 0 Å². The summed E-state index contributed by atoms with van der Waals surface area (Å²) in [6.45, 7) is 5.07. The Labute approximate surface area is 181 Å². The lowest BCUT2D eigenvalue weighted by atomic mass is 10.1. The quantitative estimate of drug-likeness (QED) is 0.305. The predicted molar refractivity (Wildman–Crippen MR) is 121 cm³/mol. The third kappa shape index (κ3) is 4.82. The van der Waals surface area contributed by atoms with Crippen LogP contribution in [-0.2, 0) is 6.42 Å².